The lowest BCUT2D eigenvalue weighted by Crippen LogP contribution is -2.24. The number of hydrogen-bond donors (Lipinski definition) is 2. The van der Waals surface area contributed by atoms with Crippen LogP contribution in [0.25, 0.3) is 0 Å². The van der Waals surface area contributed by atoms with Gasteiger partial charge in [0.05, 0.1) is 0 Å². The second-order valence-electron chi connectivity index (χ2n) is 4.38. The van der Waals surface area contributed by atoms with Gasteiger partial charge in [0.2, 0.25) is 0 Å². The van der Waals surface area contributed by atoms with Crippen LogP contribution < -0.4 is 11.1 Å². The van der Waals surface area contributed by atoms with E-state index in [2.05, 4.69) is 51.4 Å². The topological polar surface area (TPSA) is 50.9 Å². The van der Waals surface area contributed by atoms with Crippen molar-refractivity contribution in [2.45, 2.75) is 19.4 Å². The first kappa shape index (κ1) is 14.0. The summed E-state index contributed by atoms with van der Waals surface area (Å²) in [6.45, 7) is 2.99. The van der Waals surface area contributed by atoms with Gasteiger partial charge in [0.1, 0.15) is 5.82 Å². The molecule has 0 bridgehead atoms. The van der Waals surface area contributed by atoms with Gasteiger partial charge in [0, 0.05) is 22.3 Å². The van der Waals surface area contributed by atoms with Gasteiger partial charge in [-0.15, -0.1) is 0 Å². The second kappa shape index (κ2) is 6.68. The van der Waals surface area contributed by atoms with Crippen LogP contribution >= 0.6 is 15.9 Å². The maximum Gasteiger partial charge on any atom is 0.128 e. The van der Waals surface area contributed by atoms with Gasteiger partial charge in [0.25, 0.3) is 0 Å². The normalized spacial score (nSPS) is 12.3. The Morgan fingerprint density at radius 2 is 2.05 bits per heavy atom. The minimum absolute atomic E-state index is 0.178. The van der Waals surface area contributed by atoms with Crippen LogP contribution in [0.5, 0.6) is 0 Å². The molecule has 1 heterocycles. The van der Waals surface area contributed by atoms with E-state index in [1.54, 1.807) is 6.20 Å². The highest BCUT2D eigenvalue weighted by molar-refractivity contribution is 9.10. The predicted molar refractivity (Wildman–Crippen MR) is 82.9 cm³/mol. The third-order valence-corrected chi connectivity index (χ3v) is 3.85. The van der Waals surface area contributed by atoms with E-state index in [1.165, 1.54) is 5.56 Å². The van der Waals surface area contributed by atoms with Crippen LogP contribution in [0, 0.1) is 0 Å². The first-order valence-corrected chi connectivity index (χ1v) is 7.18. The number of pyridine rings is 1. The molecular formula is C15H18BrN3. The molecule has 0 amide bonds. The molecule has 0 saturated carbocycles. The summed E-state index contributed by atoms with van der Waals surface area (Å²) in [6.07, 6.45) is 2.60. The van der Waals surface area contributed by atoms with Crippen molar-refractivity contribution >= 4 is 21.7 Å². The minimum atomic E-state index is 0.178. The van der Waals surface area contributed by atoms with Crippen molar-refractivity contribution in [3.8, 4) is 0 Å². The van der Waals surface area contributed by atoms with Crippen molar-refractivity contribution in [3.05, 3.63) is 58.2 Å². The number of benzene rings is 1. The molecule has 0 aliphatic carbocycles. The number of anilines is 1. The molecule has 3 nitrogen and oxygen atoms in total. The molecule has 0 aliphatic rings. The van der Waals surface area contributed by atoms with Crippen LogP contribution in [0.3, 0.4) is 0 Å². The Balaban J connectivity index is 2.27. The number of halogens is 1. The number of nitrogens with two attached hydrogens (primary N) is 1. The Kier molecular flexibility index (Phi) is 4.93. The number of aromatic nitrogens is 1. The summed E-state index contributed by atoms with van der Waals surface area (Å²) in [4.78, 5) is 4.17. The number of nitrogens with zero attached hydrogens (tertiary/aromatic N) is 1. The van der Waals surface area contributed by atoms with Crippen molar-refractivity contribution in [3.63, 3.8) is 0 Å². The number of nitrogens with one attached hydrogen (secondary N) is 1. The molecule has 0 saturated heterocycles. The van der Waals surface area contributed by atoms with E-state index in [9.17, 15) is 0 Å². The summed E-state index contributed by atoms with van der Waals surface area (Å²) in [5.74, 6) is 0.598. The van der Waals surface area contributed by atoms with Gasteiger partial charge in [0.15, 0.2) is 0 Å². The third-order valence-electron chi connectivity index (χ3n) is 3.08. The highest BCUT2D eigenvalue weighted by Crippen LogP contribution is 2.25. The minimum Gasteiger partial charge on any atom is -0.383 e. The lowest BCUT2D eigenvalue weighted by molar-refractivity contribution is 0.549. The Hall–Kier alpha value is -1.39. The molecule has 0 aliphatic heterocycles. The van der Waals surface area contributed by atoms with Gasteiger partial charge in [-0.3, -0.25) is 0 Å². The fraction of sp³-hybridized carbons (Fsp3) is 0.267. The van der Waals surface area contributed by atoms with Crippen LogP contribution in [0.1, 0.15) is 24.1 Å². The zero-order valence-electron chi connectivity index (χ0n) is 10.9. The molecule has 1 aromatic heterocycles. The first-order valence-electron chi connectivity index (χ1n) is 6.39. The van der Waals surface area contributed by atoms with E-state index in [4.69, 9.17) is 5.73 Å². The number of rotatable bonds is 5. The molecule has 2 aromatic rings. The molecular weight excluding hydrogens is 302 g/mol. The molecule has 0 radical (unpaired) electrons. The number of nitrogen functional groups attached to an aromatic ring is 1. The monoisotopic (exact) mass is 319 g/mol. The Bertz CT molecular complexity index is 542. The third kappa shape index (κ3) is 3.55. The van der Waals surface area contributed by atoms with Gasteiger partial charge in [-0.1, -0.05) is 47.1 Å². The molecule has 1 atom stereocenters. The highest BCUT2D eigenvalue weighted by Gasteiger charge is 2.15. The Morgan fingerprint density at radius 3 is 2.74 bits per heavy atom. The lowest BCUT2D eigenvalue weighted by Gasteiger charge is -2.20. The zero-order chi connectivity index (χ0) is 13.7. The van der Waals surface area contributed by atoms with Crippen LogP contribution in [0.15, 0.2) is 47.1 Å². The molecule has 100 valence electrons. The highest BCUT2D eigenvalue weighted by atomic mass is 79.9. The smallest absolute Gasteiger partial charge is 0.128 e. The molecule has 1 aromatic carbocycles. The molecule has 2 rings (SSSR count). The summed E-state index contributed by atoms with van der Waals surface area (Å²) in [5.41, 5.74) is 8.30. The van der Waals surface area contributed by atoms with Gasteiger partial charge in [-0.2, -0.15) is 0 Å². The van der Waals surface area contributed by atoms with Crippen LogP contribution in [0.2, 0.25) is 0 Å². The molecule has 19 heavy (non-hydrogen) atoms. The number of hydrogen-bond acceptors (Lipinski definition) is 3. The predicted octanol–water partition coefficient (Wildman–Crippen LogP) is 3.32. The van der Waals surface area contributed by atoms with Crippen LogP contribution in [-0.4, -0.2) is 11.5 Å². The SMILES string of the molecule is CCNC(Cc1ccccc1Br)c1cccnc1N. The van der Waals surface area contributed by atoms with Crippen molar-refractivity contribution < 1.29 is 0 Å². The van der Waals surface area contributed by atoms with E-state index < -0.39 is 0 Å². The summed E-state index contributed by atoms with van der Waals surface area (Å²) in [6, 6.07) is 12.4. The molecule has 0 fully saturated rings. The maximum atomic E-state index is 5.98. The molecule has 0 spiro atoms. The molecule has 4 heteroatoms. The summed E-state index contributed by atoms with van der Waals surface area (Å²) in [7, 11) is 0. The quantitative estimate of drug-likeness (QED) is 0.888. The zero-order valence-corrected chi connectivity index (χ0v) is 12.5. The van der Waals surface area contributed by atoms with E-state index in [0.29, 0.717) is 5.82 Å². The van der Waals surface area contributed by atoms with Crippen molar-refractivity contribution in [1.82, 2.24) is 10.3 Å². The lowest BCUT2D eigenvalue weighted by atomic mass is 9.99. The van der Waals surface area contributed by atoms with Crippen LogP contribution in [-0.2, 0) is 6.42 Å². The summed E-state index contributed by atoms with van der Waals surface area (Å²) >= 11 is 3.59. The van der Waals surface area contributed by atoms with E-state index in [1.807, 2.05) is 18.2 Å². The fourth-order valence-electron chi connectivity index (χ4n) is 2.15. The fourth-order valence-corrected chi connectivity index (χ4v) is 2.59. The standard InChI is InChI=1S/C15H18BrN3/c1-2-18-14(12-7-5-9-19-15(12)17)10-11-6-3-4-8-13(11)16/h3-9,14,18H,2,10H2,1H3,(H2,17,19). The van der Waals surface area contributed by atoms with Gasteiger partial charge >= 0.3 is 0 Å². The average molecular weight is 320 g/mol. The van der Waals surface area contributed by atoms with E-state index in [-0.39, 0.29) is 6.04 Å². The molecule has 1 unspecified atom stereocenters. The van der Waals surface area contributed by atoms with Crippen molar-refractivity contribution in [2.24, 2.45) is 0 Å². The van der Waals surface area contributed by atoms with Crippen molar-refractivity contribution in [2.75, 3.05) is 12.3 Å². The van der Waals surface area contributed by atoms with E-state index in [0.717, 1.165) is 23.0 Å². The van der Waals surface area contributed by atoms with Gasteiger partial charge in [-0.05, 0) is 30.7 Å². The van der Waals surface area contributed by atoms with Gasteiger partial charge < -0.3 is 11.1 Å². The average Bonchev–Trinajstić information content (AvgIpc) is 2.41. The maximum absolute atomic E-state index is 5.98. The van der Waals surface area contributed by atoms with E-state index >= 15 is 0 Å². The first-order chi connectivity index (χ1) is 9.22. The Labute approximate surface area is 122 Å². The second-order valence-corrected chi connectivity index (χ2v) is 5.24. The van der Waals surface area contributed by atoms with Gasteiger partial charge in [-0.25, -0.2) is 4.98 Å². The van der Waals surface area contributed by atoms with Crippen molar-refractivity contribution in [1.29, 1.82) is 0 Å². The summed E-state index contributed by atoms with van der Waals surface area (Å²) in [5, 5.41) is 3.47. The molecule has 3 N–H and O–H groups in total. The Morgan fingerprint density at radius 1 is 1.26 bits per heavy atom. The largest absolute Gasteiger partial charge is 0.383 e. The number of likely N-dealkylation sites (N-methyl/N-ethyl adjacent to an activating group) is 1. The van der Waals surface area contributed by atoms with Crippen LogP contribution in [0.4, 0.5) is 5.82 Å². The summed E-state index contributed by atoms with van der Waals surface area (Å²) < 4.78 is 1.13.